The number of hydrogen-bond acceptors (Lipinski definition) is 5. The molecule has 2 N–H and O–H groups in total. The van der Waals surface area contributed by atoms with Crippen LogP contribution in [0.1, 0.15) is 28.4 Å². The van der Waals surface area contributed by atoms with E-state index in [1.165, 1.54) is 18.2 Å². The molecule has 0 fully saturated rings. The van der Waals surface area contributed by atoms with Crippen LogP contribution in [0.5, 0.6) is 5.75 Å². The van der Waals surface area contributed by atoms with Gasteiger partial charge in [0.1, 0.15) is 5.75 Å². The zero-order valence-corrected chi connectivity index (χ0v) is 18.8. The van der Waals surface area contributed by atoms with Crippen LogP contribution in [0.3, 0.4) is 0 Å². The fraction of sp³-hybridized carbons (Fsp3) is 0.208. The number of carbonyl (C=O) groups excluding carboxylic acids is 1. The van der Waals surface area contributed by atoms with E-state index in [-0.39, 0.29) is 10.8 Å². The number of hydrogen-bond donors (Lipinski definition) is 2. The molecule has 1 amide bonds. The van der Waals surface area contributed by atoms with Crippen LogP contribution >= 0.6 is 0 Å². The minimum Gasteiger partial charge on any atom is -0.494 e. The van der Waals surface area contributed by atoms with Crippen LogP contribution in [0.15, 0.2) is 77.7 Å². The summed E-state index contributed by atoms with van der Waals surface area (Å²) in [6.45, 7) is 3.20. The molecule has 0 radical (unpaired) electrons. The first-order valence-corrected chi connectivity index (χ1v) is 11.6. The summed E-state index contributed by atoms with van der Waals surface area (Å²) in [4.78, 5) is 12.7. The van der Waals surface area contributed by atoms with E-state index in [4.69, 9.17) is 9.47 Å². The van der Waals surface area contributed by atoms with Gasteiger partial charge in [0.2, 0.25) is 0 Å². The van der Waals surface area contributed by atoms with E-state index >= 15 is 0 Å². The predicted molar refractivity (Wildman–Crippen MR) is 123 cm³/mol. The summed E-state index contributed by atoms with van der Waals surface area (Å²) < 4.78 is 38.4. The number of benzene rings is 3. The van der Waals surface area contributed by atoms with Gasteiger partial charge in [0, 0.05) is 24.9 Å². The van der Waals surface area contributed by atoms with Gasteiger partial charge in [-0.25, -0.2) is 8.42 Å². The highest BCUT2D eigenvalue weighted by molar-refractivity contribution is 7.92. The molecule has 0 atom stereocenters. The van der Waals surface area contributed by atoms with Crippen LogP contribution in [0.25, 0.3) is 0 Å². The Balaban J connectivity index is 1.66. The van der Waals surface area contributed by atoms with Crippen LogP contribution in [0, 0.1) is 0 Å². The SMILES string of the molecule is CCOc1ccc(S(=O)(=O)Nc2cccc(C(=O)NCc3cccc(COC)c3)c2)cc1. The molecule has 0 saturated heterocycles. The van der Waals surface area contributed by atoms with E-state index in [1.807, 2.05) is 31.2 Å². The first-order valence-electron chi connectivity index (χ1n) is 10.1. The highest BCUT2D eigenvalue weighted by Crippen LogP contribution is 2.20. The Hall–Kier alpha value is -3.36. The molecule has 0 aliphatic carbocycles. The van der Waals surface area contributed by atoms with E-state index in [9.17, 15) is 13.2 Å². The average molecular weight is 455 g/mol. The van der Waals surface area contributed by atoms with Crippen molar-refractivity contribution in [3.8, 4) is 5.75 Å². The van der Waals surface area contributed by atoms with Crippen molar-refractivity contribution in [3.63, 3.8) is 0 Å². The number of nitrogens with one attached hydrogen (secondary N) is 2. The fourth-order valence-electron chi connectivity index (χ4n) is 3.10. The minimum absolute atomic E-state index is 0.103. The second-order valence-corrected chi connectivity index (χ2v) is 8.71. The summed E-state index contributed by atoms with van der Waals surface area (Å²) in [5.41, 5.74) is 2.61. The van der Waals surface area contributed by atoms with Gasteiger partial charge in [-0.05, 0) is 60.5 Å². The van der Waals surface area contributed by atoms with Gasteiger partial charge < -0.3 is 14.8 Å². The molecular weight excluding hydrogens is 428 g/mol. The molecular formula is C24H26N2O5S. The third kappa shape index (κ3) is 6.32. The molecule has 0 aliphatic heterocycles. The maximum Gasteiger partial charge on any atom is 0.261 e. The third-order valence-corrected chi connectivity index (χ3v) is 5.97. The van der Waals surface area contributed by atoms with E-state index in [0.29, 0.717) is 36.8 Å². The highest BCUT2D eigenvalue weighted by atomic mass is 32.2. The van der Waals surface area contributed by atoms with Gasteiger partial charge in [0.25, 0.3) is 15.9 Å². The van der Waals surface area contributed by atoms with Crippen molar-refractivity contribution in [2.24, 2.45) is 0 Å². The number of carbonyl (C=O) groups is 1. The Morgan fingerprint density at radius 3 is 2.38 bits per heavy atom. The Morgan fingerprint density at radius 1 is 0.938 bits per heavy atom. The minimum atomic E-state index is -3.80. The summed E-state index contributed by atoms with van der Waals surface area (Å²) in [5, 5.41) is 2.85. The lowest BCUT2D eigenvalue weighted by Gasteiger charge is -2.11. The van der Waals surface area contributed by atoms with E-state index in [2.05, 4.69) is 10.0 Å². The molecule has 0 saturated carbocycles. The van der Waals surface area contributed by atoms with E-state index in [1.54, 1.807) is 37.4 Å². The van der Waals surface area contributed by atoms with Gasteiger partial charge in [-0.15, -0.1) is 0 Å². The monoisotopic (exact) mass is 454 g/mol. The number of ether oxygens (including phenoxy) is 2. The second kappa shape index (κ2) is 10.8. The van der Waals surface area contributed by atoms with Crippen molar-refractivity contribution in [2.45, 2.75) is 25.0 Å². The van der Waals surface area contributed by atoms with Crippen molar-refractivity contribution in [1.29, 1.82) is 0 Å². The third-order valence-electron chi connectivity index (χ3n) is 4.58. The lowest BCUT2D eigenvalue weighted by molar-refractivity contribution is 0.0951. The van der Waals surface area contributed by atoms with Crippen molar-refractivity contribution in [1.82, 2.24) is 5.32 Å². The largest absolute Gasteiger partial charge is 0.494 e. The molecule has 7 nitrogen and oxygen atoms in total. The number of amides is 1. The summed E-state index contributed by atoms with van der Waals surface area (Å²) in [5.74, 6) is 0.294. The van der Waals surface area contributed by atoms with Crippen LogP contribution in [0.4, 0.5) is 5.69 Å². The van der Waals surface area contributed by atoms with Crippen LogP contribution < -0.4 is 14.8 Å². The second-order valence-electron chi connectivity index (χ2n) is 7.03. The molecule has 3 rings (SSSR count). The summed E-state index contributed by atoms with van der Waals surface area (Å²) in [6, 6.07) is 20.2. The Bertz CT molecular complexity index is 1160. The van der Waals surface area contributed by atoms with Crippen LogP contribution in [-0.4, -0.2) is 28.0 Å². The van der Waals surface area contributed by atoms with Gasteiger partial charge in [-0.2, -0.15) is 0 Å². The van der Waals surface area contributed by atoms with Gasteiger partial charge >= 0.3 is 0 Å². The molecule has 3 aromatic rings. The Kier molecular flexibility index (Phi) is 7.86. The van der Waals surface area contributed by atoms with Gasteiger partial charge in [-0.1, -0.05) is 30.3 Å². The summed E-state index contributed by atoms with van der Waals surface area (Å²) in [7, 11) is -2.17. The normalized spacial score (nSPS) is 11.1. The molecule has 0 heterocycles. The molecule has 3 aromatic carbocycles. The smallest absolute Gasteiger partial charge is 0.261 e. The van der Waals surface area contributed by atoms with E-state index < -0.39 is 10.0 Å². The number of sulfonamides is 1. The van der Waals surface area contributed by atoms with Crippen LogP contribution in [0.2, 0.25) is 0 Å². The summed E-state index contributed by atoms with van der Waals surface area (Å²) in [6.07, 6.45) is 0. The molecule has 0 aromatic heterocycles. The zero-order chi connectivity index (χ0) is 23.0. The number of methoxy groups -OCH3 is 1. The summed E-state index contributed by atoms with van der Waals surface area (Å²) >= 11 is 0. The molecule has 0 unspecified atom stereocenters. The quantitative estimate of drug-likeness (QED) is 0.484. The zero-order valence-electron chi connectivity index (χ0n) is 18.0. The van der Waals surface area contributed by atoms with Crippen LogP contribution in [-0.2, 0) is 27.9 Å². The van der Waals surface area contributed by atoms with Gasteiger partial charge in [0.05, 0.1) is 18.1 Å². The molecule has 168 valence electrons. The highest BCUT2D eigenvalue weighted by Gasteiger charge is 2.15. The topological polar surface area (TPSA) is 93.7 Å². The van der Waals surface area contributed by atoms with Gasteiger partial charge in [-0.3, -0.25) is 9.52 Å². The molecule has 0 spiro atoms. The van der Waals surface area contributed by atoms with Crippen molar-refractivity contribution >= 4 is 21.6 Å². The average Bonchev–Trinajstić information content (AvgIpc) is 2.78. The van der Waals surface area contributed by atoms with Gasteiger partial charge in [0.15, 0.2) is 0 Å². The lowest BCUT2D eigenvalue weighted by Crippen LogP contribution is -2.23. The molecule has 0 aliphatic rings. The lowest BCUT2D eigenvalue weighted by atomic mass is 10.1. The first kappa shape index (κ1) is 23.3. The van der Waals surface area contributed by atoms with Crippen molar-refractivity contribution < 1.29 is 22.7 Å². The Labute approximate surface area is 188 Å². The van der Waals surface area contributed by atoms with E-state index in [0.717, 1.165) is 11.1 Å². The maximum absolute atomic E-state index is 12.7. The van der Waals surface area contributed by atoms with Crippen molar-refractivity contribution in [3.05, 3.63) is 89.5 Å². The first-order chi connectivity index (χ1) is 15.4. The molecule has 8 heteroatoms. The predicted octanol–water partition coefficient (Wildman–Crippen LogP) is 3.96. The fourth-order valence-corrected chi connectivity index (χ4v) is 4.15. The van der Waals surface area contributed by atoms with Crippen molar-refractivity contribution in [2.75, 3.05) is 18.4 Å². The Morgan fingerprint density at radius 2 is 1.66 bits per heavy atom. The number of rotatable bonds is 10. The number of anilines is 1. The standard InChI is InChI=1S/C24H26N2O5S/c1-3-31-22-10-12-23(13-11-22)32(28,29)26-21-9-5-8-20(15-21)24(27)25-16-18-6-4-7-19(14-18)17-30-2/h4-15,26H,3,16-17H2,1-2H3,(H,25,27). The molecule has 0 bridgehead atoms. The maximum atomic E-state index is 12.7. The molecule has 32 heavy (non-hydrogen) atoms.